The second kappa shape index (κ2) is 6.35. The lowest BCUT2D eigenvalue weighted by molar-refractivity contribution is -0.388. The zero-order chi connectivity index (χ0) is 14.6. The Bertz CT molecular complexity index is 567. The van der Waals surface area contributed by atoms with Gasteiger partial charge in [0.1, 0.15) is 5.69 Å². The topological polar surface area (TPSA) is 121 Å². The number of hydrogen-bond acceptors (Lipinski definition) is 6. The van der Waals surface area contributed by atoms with Gasteiger partial charge >= 0.3 is 5.69 Å². The van der Waals surface area contributed by atoms with Gasteiger partial charge in [-0.1, -0.05) is 25.1 Å². The van der Waals surface area contributed by atoms with E-state index in [1.165, 1.54) is 4.68 Å². The summed E-state index contributed by atoms with van der Waals surface area (Å²) in [4.78, 5) is 10.6. The molecule has 0 saturated heterocycles. The molecular formula is C9H16N4O4S2. The molecule has 2 N–H and O–H groups in total. The molecule has 19 heavy (non-hydrogen) atoms. The Morgan fingerprint density at radius 3 is 2.63 bits per heavy atom. The van der Waals surface area contributed by atoms with Crippen LogP contribution in [-0.4, -0.2) is 34.6 Å². The standard InChI is InChI=1S/C9H16N4O4S2/c1-3-4-7-8(13(14)15)9(12(2)11-7)18-5-6-19(10,16)17/h3-6H2,1-2H3,(H2,10,16,17). The van der Waals surface area contributed by atoms with E-state index in [-0.39, 0.29) is 17.2 Å². The minimum Gasteiger partial charge on any atom is -0.258 e. The number of thioether (sulfide) groups is 1. The minimum atomic E-state index is -3.56. The van der Waals surface area contributed by atoms with Crippen LogP contribution in [0.4, 0.5) is 5.69 Å². The number of aromatic nitrogens is 2. The molecule has 0 bridgehead atoms. The molecule has 108 valence electrons. The Hall–Kier alpha value is -1.13. The van der Waals surface area contributed by atoms with Crippen molar-refractivity contribution in [1.29, 1.82) is 0 Å². The van der Waals surface area contributed by atoms with Gasteiger partial charge in [0.15, 0.2) is 5.03 Å². The van der Waals surface area contributed by atoms with Crippen molar-refractivity contribution in [2.45, 2.75) is 24.8 Å². The monoisotopic (exact) mass is 308 g/mol. The number of primary sulfonamides is 1. The van der Waals surface area contributed by atoms with E-state index >= 15 is 0 Å². The van der Waals surface area contributed by atoms with Crippen LogP contribution in [0.15, 0.2) is 5.03 Å². The molecule has 0 saturated carbocycles. The van der Waals surface area contributed by atoms with Gasteiger partial charge in [0.25, 0.3) is 0 Å². The van der Waals surface area contributed by atoms with E-state index in [0.29, 0.717) is 17.1 Å². The van der Waals surface area contributed by atoms with Gasteiger partial charge in [-0.05, 0) is 6.42 Å². The summed E-state index contributed by atoms with van der Waals surface area (Å²) < 4.78 is 23.1. The van der Waals surface area contributed by atoms with E-state index in [1.54, 1.807) is 7.05 Å². The lowest BCUT2D eigenvalue weighted by Crippen LogP contribution is -2.18. The van der Waals surface area contributed by atoms with E-state index < -0.39 is 14.9 Å². The molecule has 1 heterocycles. The Morgan fingerprint density at radius 2 is 2.16 bits per heavy atom. The lowest BCUT2D eigenvalue weighted by Gasteiger charge is -2.00. The number of nitrogens with zero attached hydrogens (tertiary/aromatic N) is 3. The largest absolute Gasteiger partial charge is 0.323 e. The van der Waals surface area contributed by atoms with Crippen molar-refractivity contribution in [2.24, 2.45) is 12.2 Å². The van der Waals surface area contributed by atoms with Gasteiger partial charge in [0.05, 0.1) is 10.7 Å². The fourth-order valence-electron chi connectivity index (χ4n) is 1.56. The van der Waals surface area contributed by atoms with E-state index in [2.05, 4.69) is 5.10 Å². The van der Waals surface area contributed by atoms with Crippen molar-refractivity contribution in [3.8, 4) is 0 Å². The van der Waals surface area contributed by atoms with Crippen LogP contribution in [0.25, 0.3) is 0 Å². The van der Waals surface area contributed by atoms with Gasteiger partial charge in [-0.15, -0.1) is 0 Å². The SMILES string of the molecule is CCCc1nn(C)c(SCCS(N)(=O)=O)c1[N+](=O)[O-]. The molecule has 0 aliphatic rings. The smallest absolute Gasteiger partial charge is 0.258 e. The van der Waals surface area contributed by atoms with Crippen molar-refractivity contribution in [3.05, 3.63) is 15.8 Å². The maximum Gasteiger partial charge on any atom is 0.323 e. The molecule has 1 aromatic rings. The molecule has 0 amide bonds. The highest BCUT2D eigenvalue weighted by molar-refractivity contribution is 8.00. The number of nitro groups is 1. The highest BCUT2D eigenvalue weighted by Crippen LogP contribution is 2.32. The van der Waals surface area contributed by atoms with Crippen molar-refractivity contribution in [3.63, 3.8) is 0 Å². The second-order valence-corrected chi connectivity index (χ2v) is 6.76. The number of sulfonamides is 1. The number of nitrogens with two attached hydrogens (primary N) is 1. The van der Waals surface area contributed by atoms with Gasteiger partial charge < -0.3 is 0 Å². The molecule has 0 spiro atoms. The molecule has 1 aromatic heterocycles. The molecule has 1 rings (SSSR count). The highest BCUT2D eigenvalue weighted by atomic mass is 32.2. The maximum absolute atomic E-state index is 11.1. The van der Waals surface area contributed by atoms with Crippen molar-refractivity contribution < 1.29 is 13.3 Å². The third kappa shape index (κ3) is 4.48. The average molecular weight is 308 g/mol. The molecule has 8 nitrogen and oxygen atoms in total. The first-order valence-electron chi connectivity index (χ1n) is 5.59. The average Bonchev–Trinajstić information content (AvgIpc) is 2.54. The second-order valence-electron chi connectivity index (χ2n) is 3.95. The zero-order valence-corrected chi connectivity index (χ0v) is 12.3. The minimum absolute atomic E-state index is 0.0382. The van der Waals surface area contributed by atoms with Crippen LogP contribution in [0.3, 0.4) is 0 Å². The maximum atomic E-state index is 11.1. The molecule has 10 heteroatoms. The number of hydrogen-bond donors (Lipinski definition) is 1. The van der Waals surface area contributed by atoms with E-state index in [0.717, 1.165) is 18.2 Å². The molecule has 0 fully saturated rings. The highest BCUT2D eigenvalue weighted by Gasteiger charge is 2.26. The van der Waals surface area contributed by atoms with Gasteiger partial charge in [0, 0.05) is 12.8 Å². The fraction of sp³-hybridized carbons (Fsp3) is 0.667. The van der Waals surface area contributed by atoms with Crippen LogP contribution in [0.5, 0.6) is 0 Å². The number of rotatable bonds is 7. The van der Waals surface area contributed by atoms with Crippen molar-refractivity contribution in [2.75, 3.05) is 11.5 Å². The third-order valence-electron chi connectivity index (χ3n) is 2.32. The Balaban J connectivity index is 2.96. The Kier molecular flexibility index (Phi) is 5.32. The molecule has 0 radical (unpaired) electrons. The summed E-state index contributed by atoms with van der Waals surface area (Å²) in [7, 11) is -1.96. The van der Waals surface area contributed by atoms with Crippen LogP contribution in [0.1, 0.15) is 19.0 Å². The predicted molar refractivity (Wildman–Crippen MR) is 72.6 cm³/mol. The van der Waals surface area contributed by atoms with Crippen LogP contribution in [0.2, 0.25) is 0 Å². The quantitative estimate of drug-likeness (QED) is 0.448. The molecule has 0 aromatic carbocycles. The normalized spacial score (nSPS) is 11.7. The Labute approximate surface area is 115 Å². The first-order valence-corrected chi connectivity index (χ1v) is 8.30. The summed E-state index contributed by atoms with van der Waals surface area (Å²) in [6.07, 6.45) is 1.26. The predicted octanol–water partition coefficient (Wildman–Crippen LogP) is 0.661. The molecular weight excluding hydrogens is 292 g/mol. The van der Waals surface area contributed by atoms with Crippen LogP contribution in [-0.2, 0) is 23.5 Å². The summed E-state index contributed by atoms with van der Waals surface area (Å²) in [6, 6.07) is 0. The molecule has 0 atom stereocenters. The van der Waals surface area contributed by atoms with Gasteiger partial charge in [-0.25, -0.2) is 13.6 Å². The summed E-state index contributed by atoms with van der Waals surface area (Å²) in [5.41, 5.74) is 0.386. The third-order valence-corrected chi connectivity index (χ3v) is 4.49. The summed E-state index contributed by atoms with van der Waals surface area (Å²) in [5.74, 6) is -0.0755. The van der Waals surface area contributed by atoms with E-state index in [4.69, 9.17) is 5.14 Å². The van der Waals surface area contributed by atoms with Crippen molar-refractivity contribution >= 4 is 27.5 Å². The van der Waals surface area contributed by atoms with Crippen LogP contribution < -0.4 is 5.14 Å². The van der Waals surface area contributed by atoms with E-state index in [9.17, 15) is 18.5 Å². The first kappa shape index (κ1) is 15.9. The summed E-state index contributed by atoms with van der Waals surface area (Å²) in [6.45, 7) is 1.91. The number of aryl methyl sites for hydroxylation is 2. The van der Waals surface area contributed by atoms with Crippen LogP contribution >= 0.6 is 11.8 Å². The molecule has 0 aliphatic heterocycles. The summed E-state index contributed by atoms with van der Waals surface area (Å²) in [5, 5.41) is 20.4. The zero-order valence-electron chi connectivity index (χ0n) is 10.7. The van der Waals surface area contributed by atoms with E-state index in [1.807, 2.05) is 6.92 Å². The van der Waals surface area contributed by atoms with Crippen molar-refractivity contribution in [1.82, 2.24) is 9.78 Å². The Morgan fingerprint density at radius 1 is 1.53 bits per heavy atom. The molecule has 0 unspecified atom stereocenters. The molecule has 0 aliphatic carbocycles. The van der Waals surface area contributed by atoms with Gasteiger partial charge in [-0.2, -0.15) is 5.10 Å². The first-order chi connectivity index (χ1) is 8.76. The summed E-state index contributed by atoms with van der Waals surface area (Å²) >= 11 is 1.08. The van der Waals surface area contributed by atoms with Gasteiger partial charge in [0.2, 0.25) is 10.0 Å². The van der Waals surface area contributed by atoms with Gasteiger partial charge in [-0.3, -0.25) is 14.8 Å². The van der Waals surface area contributed by atoms with Crippen LogP contribution in [0, 0.1) is 10.1 Å². The fourth-order valence-corrected chi connectivity index (χ4v) is 3.57. The lowest BCUT2D eigenvalue weighted by atomic mass is 10.2.